The van der Waals surface area contributed by atoms with E-state index in [1.54, 1.807) is 7.05 Å². The first-order chi connectivity index (χ1) is 11.3. The lowest BCUT2D eigenvalue weighted by Gasteiger charge is -2.27. The molecule has 0 atom stereocenters. The molecule has 132 valence electrons. The third kappa shape index (κ3) is 3.05. The van der Waals surface area contributed by atoms with Crippen molar-refractivity contribution in [2.75, 3.05) is 32.8 Å². The van der Waals surface area contributed by atoms with Crippen LogP contribution in [-0.2, 0) is 24.5 Å². The summed E-state index contributed by atoms with van der Waals surface area (Å²) in [5.74, 6) is 0. The van der Waals surface area contributed by atoms with Crippen molar-refractivity contribution < 1.29 is 17.9 Å². The Balaban J connectivity index is 2.05. The van der Waals surface area contributed by atoms with Gasteiger partial charge in [0, 0.05) is 39.3 Å². The smallest absolute Gasteiger partial charge is 0.379 e. The third-order valence-electron chi connectivity index (χ3n) is 4.30. The summed E-state index contributed by atoms with van der Waals surface area (Å²) in [6.45, 7) is 5.17. The van der Waals surface area contributed by atoms with Crippen LogP contribution in [0.4, 0.5) is 13.2 Å². The quantitative estimate of drug-likeness (QED) is 0.845. The number of rotatable bonds is 3. The first-order valence-electron chi connectivity index (χ1n) is 7.73. The Bertz CT molecular complexity index is 804. The Morgan fingerprint density at radius 3 is 2.54 bits per heavy atom. The highest BCUT2D eigenvalue weighted by molar-refractivity contribution is 5.83. The highest BCUT2D eigenvalue weighted by Crippen LogP contribution is 2.35. The average Bonchev–Trinajstić information content (AvgIpc) is 2.81. The van der Waals surface area contributed by atoms with E-state index in [0.29, 0.717) is 32.4 Å². The maximum absolute atomic E-state index is 13.3. The molecule has 0 N–H and O–H groups in total. The maximum Gasteiger partial charge on any atom is 0.417 e. The van der Waals surface area contributed by atoms with Crippen molar-refractivity contribution in [2.24, 2.45) is 7.05 Å². The molecule has 1 aliphatic rings. The molecule has 24 heavy (non-hydrogen) atoms. The molecule has 6 nitrogen and oxygen atoms in total. The standard InChI is InChI=1S/C15H19F3N4O2/c1-10-13-11(15(16,17)18)9-12(23)22(14(13)20(2)19-10)4-3-21-5-7-24-8-6-21/h9H,3-8H2,1-2H3. The zero-order chi connectivity index (χ0) is 17.5. The van der Waals surface area contributed by atoms with Crippen LogP contribution in [0.1, 0.15) is 11.3 Å². The summed E-state index contributed by atoms with van der Waals surface area (Å²) in [4.78, 5) is 14.4. The minimum absolute atomic E-state index is 0.00780. The van der Waals surface area contributed by atoms with Gasteiger partial charge in [0.1, 0.15) is 5.65 Å². The Morgan fingerprint density at radius 1 is 1.25 bits per heavy atom. The van der Waals surface area contributed by atoms with Crippen LogP contribution in [-0.4, -0.2) is 52.1 Å². The van der Waals surface area contributed by atoms with Gasteiger partial charge in [-0.05, 0) is 6.92 Å². The van der Waals surface area contributed by atoms with E-state index in [1.165, 1.54) is 16.2 Å². The molecular weight excluding hydrogens is 325 g/mol. The van der Waals surface area contributed by atoms with Gasteiger partial charge in [-0.2, -0.15) is 18.3 Å². The first kappa shape index (κ1) is 17.0. The van der Waals surface area contributed by atoms with E-state index < -0.39 is 17.3 Å². The van der Waals surface area contributed by atoms with Crippen molar-refractivity contribution in [1.82, 2.24) is 19.2 Å². The molecule has 0 radical (unpaired) electrons. The lowest BCUT2D eigenvalue weighted by Crippen LogP contribution is -2.39. The van der Waals surface area contributed by atoms with Crippen LogP contribution in [0.25, 0.3) is 11.0 Å². The predicted octanol–water partition coefficient (Wildman–Crippen LogP) is 1.39. The van der Waals surface area contributed by atoms with Crippen LogP contribution in [0.2, 0.25) is 0 Å². The molecular formula is C15H19F3N4O2. The molecule has 2 aromatic rings. The Hall–Kier alpha value is -1.87. The zero-order valence-electron chi connectivity index (χ0n) is 13.6. The number of hydrogen-bond donors (Lipinski definition) is 0. The monoisotopic (exact) mass is 344 g/mol. The number of halogens is 3. The molecule has 3 rings (SSSR count). The average molecular weight is 344 g/mol. The fraction of sp³-hybridized carbons (Fsp3) is 0.600. The molecule has 0 spiro atoms. The number of alkyl halides is 3. The predicted molar refractivity (Wildman–Crippen MR) is 82.0 cm³/mol. The number of aromatic nitrogens is 3. The topological polar surface area (TPSA) is 52.3 Å². The third-order valence-corrected chi connectivity index (χ3v) is 4.30. The van der Waals surface area contributed by atoms with Crippen LogP contribution in [0.15, 0.2) is 10.9 Å². The van der Waals surface area contributed by atoms with E-state index in [0.717, 1.165) is 13.1 Å². The van der Waals surface area contributed by atoms with Crippen molar-refractivity contribution in [3.8, 4) is 0 Å². The second kappa shape index (κ2) is 6.21. The van der Waals surface area contributed by atoms with Gasteiger partial charge in [-0.15, -0.1) is 0 Å². The zero-order valence-corrected chi connectivity index (χ0v) is 13.6. The molecule has 0 aromatic carbocycles. The van der Waals surface area contributed by atoms with Crippen molar-refractivity contribution in [1.29, 1.82) is 0 Å². The second-order valence-electron chi connectivity index (χ2n) is 5.91. The van der Waals surface area contributed by atoms with Gasteiger partial charge in [0.25, 0.3) is 5.56 Å². The van der Waals surface area contributed by atoms with E-state index >= 15 is 0 Å². The minimum Gasteiger partial charge on any atom is -0.379 e. The number of nitrogens with zero attached hydrogens (tertiary/aromatic N) is 4. The number of hydrogen-bond acceptors (Lipinski definition) is 4. The number of ether oxygens (including phenoxy) is 1. The molecule has 9 heteroatoms. The lowest BCUT2D eigenvalue weighted by atomic mass is 10.1. The normalized spacial score (nSPS) is 16.9. The highest BCUT2D eigenvalue weighted by atomic mass is 19.4. The van der Waals surface area contributed by atoms with Crippen molar-refractivity contribution in [3.05, 3.63) is 27.7 Å². The largest absolute Gasteiger partial charge is 0.417 e. The van der Waals surface area contributed by atoms with E-state index in [4.69, 9.17) is 4.74 Å². The molecule has 3 heterocycles. The van der Waals surface area contributed by atoms with Gasteiger partial charge >= 0.3 is 6.18 Å². The van der Waals surface area contributed by atoms with Crippen LogP contribution >= 0.6 is 0 Å². The molecule has 0 bridgehead atoms. The molecule has 1 fully saturated rings. The Kier molecular flexibility index (Phi) is 4.39. The fourth-order valence-corrected chi connectivity index (χ4v) is 3.15. The van der Waals surface area contributed by atoms with Crippen molar-refractivity contribution in [2.45, 2.75) is 19.6 Å². The van der Waals surface area contributed by atoms with Crippen LogP contribution in [0.3, 0.4) is 0 Å². The summed E-state index contributed by atoms with van der Waals surface area (Å²) in [6, 6.07) is 0.677. The minimum atomic E-state index is -4.59. The van der Waals surface area contributed by atoms with Gasteiger partial charge in [0.15, 0.2) is 0 Å². The van der Waals surface area contributed by atoms with Gasteiger partial charge < -0.3 is 4.74 Å². The molecule has 2 aromatic heterocycles. The van der Waals surface area contributed by atoms with Crippen LogP contribution in [0, 0.1) is 6.92 Å². The fourth-order valence-electron chi connectivity index (χ4n) is 3.15. The molecule has 0 amide bonds. The number of fused-ring (bicyclic) bond motifs is 1. The van der Waals surface area contributed by atoms with Crippen LogP contribution in [0.5, 0.6) is 0 Å². The summed E-state index contributed by atoms with van der Waals surface area (Å²) in [5.41, 5.74) is -1.11. The van der Waals surface area contributed by atoms with Gasteiger partial charge in [-0.3, -0.25) is 18.9 Å². The second-order valence-corrected chi connectivity index (χ2v) is 5.91. The van der Waals surface area contributed by atoms with E-state index in [1.807, 2.05) is 0 Å². The van der Waals surface area contributed by atoms with Gasteiger partial charge in [-0.1, -0.05) is 0 Å². The number of aryl methyl sites for hydroxylation is 2. The van der Waals surface area contributed by atoms with E-state index in [-0.39, 0.29) is 16.7 Å². The summed E-state index contributed by atoms with van der Waals surface area (Å²) in [7, 11) is 1.56. The molecule has 0 aliphatic carbocycles. The molecule has 1 saturated heterocycles. The van der Waals surface area contributed by atoms with E-state index in [9.17, 15) is 18.0 Å². The number of morpholine rings is 1. The van der Waals surface area contributed by atoms with Crippen LogP contribution < -0.4 is 5.56 Å². The van der Waals surface area contributed by atoms with Crippen molar-refractivity contribution in [3.63, 3.8) is 0 Å². The summed E-state index contributed by atoms with van der Waals surface area (Å²) >= 11 is 0. The molecule has 1 aliphatic heterocycles. The van der Waals surface area contributed by atoms with Gasteiger partial charge in [0.05, 0.1) is 29.9 Å². The lowest BCUT2D eigenvalue weighted by molar-refractivity contribution is -0.136. The SMILES string of the molecule is Cc1nn(C)c2c1c(C(F)(F)F)cc(=O)n2CCN1CCOCC1. The molecule has 0 unspecified atom stereocenters. The molecule has 0 saturated carbocycles. The Morgan fingerprint density at radius 2 is 1.92 bits per heavy atom. The summed E-state index contributed by atoms with van der Waals surface area (Å²) in [6.07, 6.45) is -4.59. The summed E-state index contributed by atoms with van der Waals surface area (Å²) < 4.78 is 47.9. The van der Waals surface area contributed by atoms with Crippen molar-refractivity contribution >= 4 is 11.0 Å². The van der Waals surface area contributed by atoms with E-state index in [2.05, 4.69) is 10.00 Å². The first-order valence-corrected chi connectivity index (χ1v) is 7.73. The Labute approximate surface area is 136 Å². The maximum atomic E-state index is 13.3. The highest BCUT2D eigenvalue weighted by Gasteiger charge is 2.35. The summed E-state index contributed by atoms with van der Waals surface area (Å²) in [5, 5.41) is 4.08. The van der Waals surface area contributed by atoms with Gasteiger partial charge in [-0.25, -0.2) is 0 Å². The van der Waals surface area contributed by atoms with Gasteiger partial charge in [0.2, 0.25) is 0 Å². The number of pyridine rings is 1.